The Bertz CT molecular complexity index is 791. The largest absolute Gasteiger partial charge is 0.507 e. The van der Waals surface area contributed by atoms with Gasteiger partial charge < -0.3 is 10.2 Å². The zero-order valence-electron chi connectivity index (χ0n) is 11.2. The number of aromatic amines is 1. The highest BCUT2D eigenvalue weighted by molar-refractivity contribution is 7.92. The molecule has 1 heterocycles. The van der Waals surface area contributed by atoms with Crippen LogP contribution in [-0.4, -0.2) is 34.8 Å². The van der Waals surface area contributed by atoms with Crippen LogP contribution in [0.3, 0.4) is 0 Å². The van der Waals surface area contributed by atoms with Gasteiger partial charge in [-0.3, -0.25) is 9.82 Å². The summed E-state index contributed by atoms with van der Waals surface area (Å²) in [5.74, 6) is -1.83. The summed E-state index contributed by atoms with van der Waals surface area (Å²) in [4.78, 5) is 10.8. The van der Waals surface area contributed by atoms with E-state index in [1.165, 1.54) is 6.07 Å². The van der Waals surface area contributed by atoms with Crippen LogP contribution in [0.25, 0.3) is 0 Å². The lowest BCUT2D eigenvalue weighted by Gasteiger charge is -2.09. The number of aromatic hydroxyl groups is 1. The number of carboxylic acids is 1. The van der Waals surface area contributed by atoms with Crippen molar-refractivity contribution in [3.05, 3.63) is 35.2 Å². The van der Waals surface area contributed by atoms with Crippen LogP contribution in [0.15, 0.2) is 23.1 Å². The number of phenols is 1. The van der Waals surface area contributed by atoms with Gasteiger partial charge in [0.15, 0.2) is 0 Å². The van der Waals surface area contributed by atoms with E-state index in [0.717, 1.165) is 12.1 Å². The number of rotatable bonds is 4. The van der Waals surface area contributed by atoms with Crippen molar-refractivity contribution in [1.82, 2.24) is 10.2 Å². The van der Waals surface area contributed by atoms with Gasteiger partial charge in [-0.15, -0.1) is 0 Å². The number of aryl methyl sites for hydroxylation is 2. The van der Waals surface area contributed by atoms with Gasteiger partial charge in [0.25, 0.3) is 10.0 Å². The number of anilines is 1. The SMILES string of the molecule is Cc1n[nH]c(C)c1S(=O)(=O)Nc1ccc(C(=O)O)c(O)c1. The number of aromatic carboxylic acids is 1. The molecule has 0 radical (unpaired) electrons. The molecule has 0 spiro atoms. The molecule has 0 unspecified atom stereocenters. The van der Waals surface area contributed by atoms with E-state index in [2.05, 4.69) is 14.9 Å². The first kappa shape index (κ1) is 14.9. The predicted molar refractivity (Wildman–Crippen MR) is 73.9 cm³/mol. The molecule has 0 saturated carbocycles. The monoisotopic (exact) mass is 311 g/mol. The van der Waals surface area contributed by atoms with Crippen molar-refractivity contribution in [3.63, 3.8) is 0 Å². The second-order valence-corrected chi connectivity index (χ2v) is 6.02. The van der Waals surface area contributed by atoms with E-state index < -0.39 is 21.7 Å². The van der Waals surface area contributed by atoms with E-state index in [0.29, 0.717) is 11.4 Å². The highest BCUT2D eigenvalue weighted by Crippen LogP contribution is 2.25. The van der Waals surface area contributed by atoms with Gasteiger partial charge in [0, 0.05) is 6.07 Å². The van der Waals surface area contributed by atoms with E-state index in [1.54, 1.807) is 13.8 Å². The Kier molecular flexibility index (Phi) is 3.60. The average Bonchev–Trinajstić information content (AvgIpc) is 2.68. The van der Waals surface area contributed by atoms with Crippen LogP contribution in [0.1, 0.15) is 21.7 Å². The molecule has 8 nitrogen and oxygen atoms in total. The number of sulfonamides is 1. The minimum atomic E-state index is -3.88. The molecule has 0 fully saturated rings. The first-order chi connectivity index (χ1) is 9.72. The summed E-state index contributed by atoms with van der Waals surface area (Å²) in [6.45, 7) is 3.11. The van der Waals surface area contributed by atoms with Crippen LogP contribution in [0.2, 0.25) is 0 Å². The molecule has 112 valence electrons. The van der Waals surface area contributed by atoms with Gasteiger partial charge in [-0.1, -0.05) is 0 Å². The minimum Gasteiger partial charge on any atom is -0.507 e. The number of aromatic nitrogens is 2. The number of benzene rings is 1. The third-order valence-electron chi connectivity index (χ3n) is 2.81. The summed E-state index contributed by atoms with van der Waals surface area (Å²) in [5, 5.41) is 24.7. The van der Waals surface area contributed by atoms with Crippen LogP contribution in [0, 0.1) is 13.8 Å². The summed E-state index contributed by atoms with van der Waals surface area (Å²) in [6.07, 6.45) is 0. The van der Waals surface area contributed by atoms with Crippen LogP contribution in [-0.2, 0) is 10.0 Å². The lowest BCUT2D eigenvalue weighted by molar-refractivity contribution is 0.0694. The first-order valence-electron chi connectivity index (χ1n) is 5.83. The molecule has 0 aliphatic heterocycles. The Morgan fingerprint density at radius 3 is 2.48 bits per heavy atom. The maximum atomic E-state index is 12.3. The lowest BCUT2D eigenvalue weighted by Crippen LogP contribution is -2.14. The molecule has 0 aliphatic carbocycles. The van der Waals surface area contributed by atoms with Gasteiger partial charge in [-0.2, -0.15) is 5.10 Å². The van der Waals surface area contributed by atoms with Crippen LogP contribution in [0.4, 0.5) is 5.69 Å². The molecular weight excluding hydrogens is 298 g/mol. The van der Waals surface area contributed by atoms with Crippen molar-refractivity contribution in [2.24, 2.45) is 0 Å². The number of hydrogen-bond acceptors (Lipinski definition) is 5. The van der Waals surface area contributed by atoms with Crippen LogP contribution in [0.5, 0.6) is 5.75 Å². The van der Waals surface area contributed by atoms with E-state index in [1.807, 2.05) is 0 Å². The molecule has 0 bridgehead atoms. The van der Waals surface area contributed by atoms with Crippen LogP contribution < -0.4 is 4.72 Å². The fraction of sp³-hybridized carbons (Fsp3) is 0.167. The van der Waals surface area contributed by atoms with Crippen molar-refractivity contribution in [1.29, 1.82) is 0 Å². The van der Waals surface area contributed by atoms with Gasteiger partial charge in [-0.05, 0) is 26.0 Å². The molecule has 2 aromatic rings. The fourth-order valence-electron chi connectivity index (χ4n) is 1.92. The average molecular weight is 311 g/mol. The van der Waals surface area contributed by atoms with Gasteiger partial charge in [-0.25, -0.2) is 13.2 Å². The smallest absolute Gasteiger partial charge is 0.339 e. The van der Waals surface area contributed by atoms with Gasteiger partial charge >= 0.3 is 5.97 Å². The molecule has 0 atom stereocenters. The summed E-state index contributed by atoms with van der Waals surface area (Å²) in [6, 6.07) is 3.40. The number of hydrogen-bond donors (Lipinski definition) is 4. The molecule has 0 amide bonds. The molecule has 1 aromatic heterocycles. The Morgan fingerprint density at radius 1 is 1.33 bits per heavy atom. The van der Waals surface area contributed by atoms with Gasteiger partial charge in [0.2, 0.25) is 0 Å². The standard InChI is InChI=1S/C12H13N3O5S/c1-6-11(7(2)14-13-6)21(19,20)15-8-3-4-9(12(17)18)10(16)5-8/h3-5,15-16H,1-2H3,(H,13,14)(H,17,18). The van der Waals surface area contributed by atoms with Crippen molar-refractivity contribution in [2.75, 3.05) is 4.72 Å². The molecule has 21 heavy (non-hydrogen) atoms. The molecule has 4 N–H and O–H groups in total. The molecule has 2 rings (SSSR count). The van der Waals surface area contributed by atoms with Gasteiger partial charge in [0.05, 0.1) is 17.1 Å². The van der Waals surface area contributed by atoms with E-state index in [9.17, 15) is 18.3 Å². The Morgan fingerprint density at radius 2 is 2.00 bits per heavy atom. The summed E-state index contributed by atoms with van der Waals surface area (Å²) >= 11 is 0. The number of carbonyl (C=O) groups is 1. The topological polar surface area (TPSA) is 132 Å². The van der Waals surface area contributed by atoms with E-state index in [4.69, 9.17) is 5.11 Å². The lowest BCUT2D eigenvalue weighted by atomic mass is 10.2. The Labute approximate surface area is 120 Å². The third kappa shape index (κ3) is 2.82. The van der Waals surface area contributed by atoms with Crippen LogP contribution >= 0.6 is 0 Å². The van der Waals surface area contributed by atoms with Crippen molar-refractivity contribution >= 4 is 21.7 Å². The second-order valence-electron chi connectivity index (χ2n) is 4.41. The molecule has 0 aliphatic rings. The first-order valence-corrected chi connectivity index (χ1v) is 7.31. The maximum Gasteiger partial charge on any atom is 0.339 e. The third-order valence-corrected chi connectivity index (χ3v) is 4.45. The molecule has 0 saturated heterocycles. The second kappa shape index (κ2) is 5.09. The van der Waals surface area contributed by atoms with E-state index in [-0.39, 0.29) is 16.1 Å². The quantitative estimate of drug-likeness (QED) is 0.671. The van der Waals surface area contributed by atoms with Crippen molar-refractivity contribution in [3.8, 4) is 5.75 Å². The maximum absolute atomic E-state index is 12.3. The number of nitrogens with zero attached hydrogens (tertiary/aromatic N) is 1. The fourth-order valence-corrected chi connectivity index (χ4v) is 3.34. The van der Waals surface area contributed by atoms with Crippen molar-refractivity contribution < 1.29 is 23.4 Å². The zero-order valence-corrected chi connectivity index (χ0v) is 12.0. The highest BCUT2D eigenvalue weighted by atomic mass is 32.2. The summed E-state index contributed by atoms with van der Waals surface area (Å²) in [5.41, 5.74) is 0.434. The minimum absolute atomic E-state index is 0.0179. The molecular formula is C12H13N3O5S. The normalized spacial score (nSPS) is 11.3. The Hall–Kier alpha value is -2.55. The number of H-pyrrole nitrogens is 1. The summed E-state index contributed by atoms with van der Waals surface area (Å²) in [7, 11) is -3.88. The Balaban J connectivity index is 2.38. The number of carboxylic acid groups (broad SMARTS) is 1. The summed E-state index contributed by atoms with van der Waals surface area (Å²) < 4.78 is 26.8. The van der Waals surface area contributed by atoms with Crippen molar-refractivity contribution in [2.45, 2.75) is 18.7 Å². The molecule has 9 heteroatoms. The zero-order chi connectivity index (χ0) is 15.8. The van der Waals surface area contributed by atoms with E-state index >= 15 is 0 Å². The highest BCUT2D eigenvalue weighted by Gasteiger charge is 2.22. The number of nitrogens with one attached hydrogen (secondary N) is 2. The predicted octanol–water partition coefficient (Wildman–Crippen LogP) is 1.23. The van der Waals surface area contributed by atoms with Gasteiger partial charge in [0.1, 0.15) is 16.2 Å². The molecule has 1 aromatic carbocycles.